The molecule has 10 heavy (non-hydrogen) atoms. The van der Waals surface area contributed by atoms with E-state index in [0.29, 0.717) is 6.10 Å². The first kappa shape index (κ1) is 5.59. The van der Waals surface area contributed by atoms with Crippen LogP contribution < -0.4 is 0 Å². The number of epoxide rings is 1. The van der Waals surface area contributed by atoms with E-state index in [0.717, 1.165) is 23.9 Å². The highest BCUT2D eigenvalue weighted by atomic mass is 16.6. The topological polar surface area (TPSA) is 12.5 Å². The Hall–Kier alpha value is -0.0400. The van der Waals surface area contributed by atoms with Gasteiger partial charge < -0.3 is 4.74 Å². The maximum absolute atomic E-state index is 5.64. The van der Waals surface area contributed by atoms with Crippen LogP contribution in [0.1, 0.15) is 26.2 Å². The van der Waals surface area contributed by atoms with E-state index in [4.69, 9.17) is 4.74 Å². The first-order chi connectivity index (χ1) is 4.86. The highest BCUT2D eigenvalue weighted by Gasteiger charge is 2.57. The zero-order chi connectivity index (χ0) is 6.72. The molecule has 5 unspecified atom stereocenters. The Morgan fingerprint density at radius 2 is 2.10 bits per heavy atom. The first-order valence-corrected chi connectivity index (χ1v) is 4.52. The van der Waals surface area contributed by atoms with Crippen molar-refractivity contribution < 1.29 is 4.74 Å². The number of hydrogen-bond donors (Lipinski definition) is 0. The lowest BCUT2D eigenvalue weighted by molar-refractivity contribution is 0.146. The molecule has 0 aromatic carbocycles. The lowest BCUT2D eigenvalue weighted by atomic mass is 9.65. The summed E-state index contributed by atoms with van der Waals surface area (Å²) in [6, 6.07) is 0. The quantitative estimate of drug-likeness (QED) is 0.465. The fourth-order valence-electron chi connectivity index (χ4n) is 3.11. The molecule has 1 saturated heterocycles. The monoisotopic (exact) mass is 138 g/mol. The number of rotatable bonds is 0. The third-order valence-corrected chi connectivity index (χ3v) is 3.72. The number of hydrogen-bond acceptors (Lipinski definition) is 1. The van der Waals surface area contributed by atoms with Crippen molar-refractivity contribution in [1.29, 1.82) is 0 Å². The van der Waals surface area contributed by atoms with Gasteiger partial charge >= 0.3 is 0 Å². The summed E-state index contributed by atoms with van der Waals surface area (Å²) in [5.41, 5.74) is 0. The predicted molar refractivity (Wildman–Crippen MR) is 38.7 cm³/mol. The number of ether oxygens (including phenoxy) is 1. The molecule has 3 saturated carbocycles. The Balaban J connectivity index is 1.92. The molecule has 4 aliphatic rings. The molecule has 4 rings (SSSR count). The van der Waals surface area contributed by atoms with E-state index in [9.17, 15) is 0 Å². The normalized spacial score (nSPS) is 63.9. The molecule has 1 nitrogen and oxygen atoms in total. The van der Waals surface area contributed by atoms with Crippen molar-refractivity contribution >= 4 is 0 Å². The van der Waals surface area contributed by atoms with Gasteiger partial charge in [0.1, 0.15) is 0 Å². The van der Waals surface area contributed by atoms with Gasteiger partial charge in [-0.15, -0.1) is 0 Å². The summed E-state index contributed by atoms with van der Waals surface area (Å²) < 4.78 is 5.64. The second kappa shape index (κ2) is 1.58. The van der Waals surface area contributed by atoms with Crippen molar-refractivity contribution in [1.82, 2.24) is 0 Å². The molecule has 1 aliphatic heterocycles. The summed E-state index contributed by atoms with van der Waals surface area (Å²) >= 11 is 0. The summed E-state index contributed by atoms with van der Waals surface area (Å²) in [6.07, 6.45) is 5.78. The van der Waals surface area contributed by atoms with Gasteiger partial charge in [-0.1, -0.05) is 6.92 Å². The van der Waals surface area contributed by atoms with Crippen LogP contribution in [-0.2, 0) is 4.74 Å². The molecule has 0 aromatic rings. The molecule has 1 heteroatoms. The van der Waals surface area contributed by atoms with Crippen molar-refractivity contribution in [2.75, 3.05) is 0 Å². The Morgan fingerprint density at radius 3 is 2.70 bits per heavy atom. The lowest BCUT2D eigenvalue weighted by Crippen LogP contribution is -2.36. The third kappa shape index (κ3) is 0.531. The van der Waals surface area contributed by atoms with E-state index in [1.165, 1.54) is 19.3 Å². The highest BCUT2D eigenvalue weighted by molar-refractivity contribution is 5.05. The Kier molecular flexibility index (Phi) is 0.883. The molecule has 3 aliphatic carbocycles. The molecule has 4 fully saturated rings. The van der Waals surface area contributed by atoms with E-state index in [1.54, 1.807) is 0 Å². The summed E-state index contributed by atoms with van der Waals surface area (Å²) in [4.78, 5) is 0. The fourth-order valence-corrected chi connectivity index (χ4v) is 3.11. The van der Waals surface area contributed by atoms with Crippen molar-refractivity contribution in [3.8, 4) is 0 Å². The average molecular weight is 138 g/mol. The van der Waals surface area contributed by atoms with Crippen LogP contribution in [0.15, 0.2) is 0 Å². The van der Waals surface area contributed by atoms with E-state index < -0.39 is 0 Å². The average Bonchev–Trinajstić information content (AvgIpc) is 2.66. The summed E-state index contributed by atoms with van der Waals surface area (Å²) in [6.45, 7) is 2.40. The zero-order valence-electron chi connectivity index (χ0n) is 6.42. The first-order valence-electron chi connectivity index (χ1n) is 4.52. The van der Waals surface area contributed by atoms with Crippen LogP contribution in [-0.4, -0.2) is 12.2 Å². The molecule has 2 bridgehead atoms. The van der Waals surface area contributed by atoms with Crippen molar-refractivity contribution in [2.24, 2.45) is 17.8 Å². The Bertz CT molecular complexity index is 164. The van der Waals surface area contributed by atoms with Gasteiger partial charge in [-0.3, -0.25) is 0 Å². The van der Waals surface area contributed by atoms with Crippen molar-refractivity contribution in [3.05, 3.63) is 0 Å². The van der Waals surface area contributed by atoms with E-state index in [2.05, 4.69) is 6.92 Å². The Morgan fingerprint density at radius 1 is 1.20 bits per heavy atom. The van der Waals surface area contributed by atoms with Gasteiger partial charge in [-0.25, -0.2) is 0 Å². The fraction of sp³-hybridized carbons (Fsp3) is 1.00. The van der Waals surface area contributed by atoms with Crippen LogP contribution in [0.3, 0.4) is 0 Å². The molecule has 0 N–H and O–H groups in total. The molecule has 56 valence electrons. The Labute approximate surface area is 61.8 Å². The molecule has 0 spiro atoms. The second-order valence-electron chi connectivity index (χ2n) is 4.28. The second-order valence-corrected chi connectivity index (χ2v) is 4.28. The van der Waals surface area contributed by atoms with Gasteiger partial charge in [0.15, 0.2) is 0 Å². The van der Waals surface area contributed by atoms with Crippen LogP contribution in [0.4, 0.5) is 0 Å². The predicted octanol–water partition coefficient (Wildman–Crippen LogP) is 1.82. The minimum Gasteiger partial charge on any atom is -0.369 e. The van der Waals surface area contributed by atoms with Gasteiger partial charge in [-0.05, 0) is 37.0 Å². The van der Waals surface area contributed by atoms with Crippen LogP contribution >= 0.6 is 0 Å². The smallest absolute Gasteiger partial charge is 0.0875 e. The molecule has 0 aromatic heterocycles. The molecule has 5 atom stereocenters. The molecule has 0 amide bonds. The van der Waals surface area contributed by atoms with Crippen molar-refractivity contribution in [3.63, 3.8) is 0 Å². The van der Waals surface area contributed by atoms with E-state index >= 15 is 0 Å². The SMILES string of the molecule is CC1CC2CCC1C1OC21. The summed E-state index contributed by atoms with van der Waals surface area (Å²) in [5.74, 6) is 2.85. The van der Waals surface area contributed by atoms with Crippen LogP contribution in [0, 0.1) is 17.8 Å². The minimum absolute atomic E-state index is 0.711. The maximum Gasteiger partial charge on any atom is 0.0875 e. The molecular weight excluding hydrogens is 124 g/mol. The maximum atomic E-state index is 5.64. The van der Waals surface area contributed by atoms with Gasteiger partial charge in [0.05, 0.1) is 12.2 Å². The molecular formula is C9H14O. The van der Waals surface area contributed by atoms with Gasteiger partial charge in [0.25, 0.3) is 0 Å². The van der Waals surface area contributed by atoms with E-state index in [1.807, 2.05) is 0 Å². The highest BCUT2D eigenvalue weighted by Crippen LogP contribution is 2.55. The molecule has 1 heterocycles. The van der Waals surface area contributed by atoms with Crippen molar-refractivity contribution in [2.45, 2.75) is 38.4 Å². The third-order valence-electron chi connectivity index (χ3n) is 3.72. The number of fused-ring (bicyclic) bond motifs is 2. The van der Waals surface area contributed by atoms with Gasteiger partial charge in [0.2, 0.25) is 0 Å². The lowest BCUT2D eigenvalue weighted by Gasteiger charge is -2.37. The largest absolute Gasteiger partial charge is 0.369 e. The van der Waals surface area contributed by atoms with E-state index in [-0.39, 0.29) is 0 Å². The standard InChI is InChI=1S/C9H14O/c1-5-4-6-2-3-7(5)9-8(6)10-9/h5-9H,2-4H2,1H3. The minimum atomic E-state index is 0.711. The summed E-state index contributed by atoms with van der Waals surface area (Å²) in [7, 11) is 0. The zero-order valence-corrected chi connectivity index (χ0v) is 6.42. The van der Waals surface area contributed by atoms with Crippen LogP contribution in [0.25, 0.3) is 0 Å². The molecule has 0 radical (unpaired) electrons. The van der Waals surface area contributed by atoms with Crippen LogP contribution in [0.5, 0.6) is 0 Å². The van der Waals surface area contributed by atoms with Crippen LogP contribution in [0.2, 0.25) is 0 Å². The van der Waals surface area contributed by atoms with Gasteiger partial charge in [0, 0.05) is 0 Å². The summed E-state index contributed by atoms with van der Waals surface area (Å²) in [5, 5.41) is 0. The van der Waals surface area contributed by atoms with Gasteiger partial charge in [-0.2, -0.15) is 0 Å².